The van der Waals surface area contributed by atoms with Crippen LogP contribution < -0.4 is 10.6 Å². The van der Waals surface area contributed by atoms with Crippen LogP contribution in [0.4, 0.5) is 4.79 Å². The number of hydrogen-bond acceptors (Lipinski definition) is 6. The molecule has 0 aliphatic carbocycles. The highest BCUT2D eigenvalue weighted by Gasteiger charge is 2.11. The molecule has 0 unspecified atom stereocenters. The zero-order chi connectivity index (χ0) is 15.9. The van der Waals surface area contributed by atoms with Crippen molar-refractivity contribution in [2.45, 2.75) is 20.0 Å². The van der Waals surface area contributed by atoms with Crippen molar-refractivity contribution < 1.29 is 9.59 Å². The number of aryl methyl sites for hydroxylation is 1. The minimum absolute atomic E-state index is 0.142. The third-order valence-electron chi connectivity index (χ3n) is 2.77. The average molecular weight is 338 g/mol. The van der Waals surface area contributed by atoms with Crippen LogP contribution in [0.25, 0.3) is 0 Å². The van der Waals surface area contributed by atoms with E-state index in [1.165, 1.54) is 0 Å². The molecule has 0 aliphatic heterocycles. The molecule has 2 heterocycles. The lowest BCUT2D eigenvalue weighted by Gasteiger charge is -2.14. The van der Waals surface area contributed by atoms with Crippen LogP contribution in [0.5, 0.6) is 0 Å². The summed E-state index contributed by atoms with van der Waals surface area (Å²) in [5.41, 5.74) is 0.931. The van der Waals surface area contributed by atoms with Gasteiger partial charge in [-0.05, 0) is 25.4 Å². The number of imide groups is 1. The van der Waals surface area contributed by atoms with Gasteiger partial charge in [-0.25, -0.2) is 9.78 Å². The number of aromatic nitrogens is 1. The van der Waals surface area contributed by atoms with Gasteiger partial charge in [-0.15, -0.1) is 22.7 Å². The van der Waals surface area contributed by atoms with E-state index in [0.717, 1.165) is 15.6 Å². The van der Waals surface area contributed by atoms with Crippen molar-refractivity contribution in [2.24, 2.45) is 0 Å². The summed E-state index contributed by atoms with van der Waals surface area (Å²) < 4.78 is 0. The molecule has 2 aromatic heterocycles. The molecule has 2 N–H and O–H groups in total. The van der Waals surface area contributed by atoms with Gasteiger partial charge in [-0.2, -0.15) is 0 Å². The highest BCUT2D eigenvalue weighted by Crippen LogP contribution is 2.09. The van der Waals surface area contributed by atoms with Gasteiger partial charge in [0.1, 0.15) is 0 Å². The first kappa shape index (κ1) is 16.6. The maximum absolute atomic E-state index is 11.8. The van der Waals surface area contributed by atoms with Crippen molar-refractivity contribution in [3.05, 3.63) is 38.5 Å². The zero-order valence-electron chi connectivity index (χ0n) is 12.5. The van der Waals surface area contributed by atoms with E-state index in [0.29, 0.717) is 13.1 Å². The molecule has 0 spiro atoms. The quantitative estimate of drug-likeness (QED) is 0.844. The lowest BCUT2D eigenvalue weighted by molar-refractivity contribution is -0.121. The lowest BCUT2D eigenvalue weighted by Crippen LogP contribution is -2.43. The molecule has 118 valence electrons. The Kier molecular flexibility index (Phi) is 6.05. The van der Waals surface area contributed by atoms with E-state index in [-0.39, 0.29) is 12.5 Å². The van der Waals surface area contributed by atoms with Crippen molar-refractivity contribution in [1.29, 1.82) is 0 Å². The van der Waals surface area contributed by atoms with E-state index < -0.39 is 6.03 Å². The molecule has 6 nitrogen and oxygen atoms in total. The van der Waals surface area contributed by atoms with E-state index >= 15 is 0 Å². The third-order valence-corrected chi connectivity index (χ3v) is 4.47. The molecule has 0 aliphatic rings. The Balaban J connectivity index is 1.69. The molecule has 8 heteroatoms. The first-order valence-corrected chi connectivity index (χ1v) is 8.48. The average Bonchev–Trinajstić information content (AvgIpc) is 3.07. The first-order valence-electron chi connectivity index (χ1n) is 6.72. The Hall–Kier alpha value is -1.77. The number of carbonyl (C=O) groups is 2. The third kappa shape index (κ3) is 5.55. The van der Waals surface area contributed by atoms with Crippen LogP contribution in [0.15, 0.2) is 22.9 Å². The second-order valence-corrected chi connectivity index (χ2v) is 6.93. The Morgan fingerprint density at radius 1 is 1.36 bits per heavy atom. The summed E-state index contributed by atoms with van der Waals surface area (Å²) in [7, 11) is 1.82. The number of hydrogen-bond donors (Lipinski definition) is 2. The molecule has 2 aromatic rings. The topological polar surface area (TPSA) is 74.3 Å². The summed E-state index contributed by atoms with van der Waals surface area (Å²) in [6, 6.07) is 3.37. The van der Waals surface area contributed by atoms with Crippen LogP contribution in [0, 0.1) is 6.92 Å². The van der Waals surface area contributed by atoms with Crippen LogP contribution in [0.3, 0.4) is 0 Å². The Bertz CT molecular complexity index is 625. The van der Waals surface area contributed by atoms with Crippen LogP contribution in [0.1, 0.15) is 15.6 Å². The van der Waals surface area contributed by atoms with Gasteiger partial charge in [-0.3, -0.25) is 15.0 Å². The second kappa shape index (κ2) is 8.02. The minimum Gasteiger partial charge on any atom is -0.333 e. The van der Waals surface area contributed by atoms with Crippen molar-refractivity contribution >= 4 is 34.6 Å². The largest absolute Gasteiger partial charge is 0.333 e. The molecule has 0 saturated carbocycles. The number of nitrogens with zero attached hydrogens (tertiary/aromatic N) is 2. The van der Waals surface area contributed by atoms with Gasteiger partial charge in [0.05, 0.1) is 23.8 Å². The van der Waals surface area contributed by atoms with E-state index in [9.17, 15) is 9.59 Å². The Morgan fingerprint density at radius 3 is 2.82 bits per heavy atom. The summed E-state index contributed by atoms with van der Waals surface area (Å²) in [6.45, 7) is 3.08. The number of rotatable bonds is 6. The molecule has 0 bridgehead atoms. The number of nitrogens with one attached hydrogen (secondary N) is 2. The molecule has 0 saturated heterocycles. The fourth-order valence-corrected chi connectivity index (χ4v) is 3.10. The molecule has 0 radical (unpaired) electrons. The second-order valence-electron chi connectivity index (χ2n) is 4.84. The van der Waals surface area contributed by atoms with Gasteiger partial charge in [-0.1, -0.05) is 6.07 Å². The van der Waals surface area contributed by atoms with E-state index in [2.05, 4.69) is 15.6 Å². The summed E-state index contributed by atoms with van der Waals surface area (Å²) in [5, 5.41) is 9.88. The number of likely N-dealkylation sites (N-methyl/N-ethyl adjacent to an activating group) is 1. The van der Waals surface area contributed by atoms with Gasteiger partial charge in [0.2, 0.25) is 5.91 Å². The first-order chi connectivity index (χ1) is 10.5. The predicted octanol–water partition coefficient (Wildman–Crippen LogP) is 1.97. The molecular weight excluding hydrogens is 320 g/mol. The fraction of sp³-hybridized carbons (Fsp3) is 0.357. The molecule has 22 heavy (non-hydrogen) atoms. The lowest BCUT2D eigenvalue weighted by atomic mass is 10.4. The molecule has 0 atom stereocenters. The molecule has 0 fully saturated rings. The predicted molar refractivity (Wildman–Crippen MR) is 87.9 cm³/mol. The fourth-order valence-electron chi connectivity index (χ4n) is 1.85. The zero-order valence-corrected chi connectivity index (χ0v) is 14.1. The van der Waals surface area contributed by atoms with Crippen molar-refractivity contribution in [3.8, 4) is 0 Å². The summed E-state index contributed by atoms with van der Waals surface area (Å²) in [6.07, 6.45) is 0. The number of amides is 3. The van der Waals surface area contributed by atoms with Gasteiger partial charge >= 0.3 is 6.03 Å². The highest BCUT2D eigenvalue weighted by atomic mass is 32.1. The smallest absolute Gasteiger partial charge is 0.321 e. The normalized spacial score (nSPS) is 10.7. The Morgan fingerprint density at radius 2 is 2.18 bits per heavy atom. The SMILES string of the molecule is Cc1nc(CN(C)CC(=O)NC(=O)NCc2cccs2)cs1. The molecular formula is C14H18N4O2S2. The van der Waals surface area contributed by atoms with Gasteiger partial charge in [0.15, 0.2) is 0 Å². The number of thiazole rings is 1. The summed E-state index contributed by atoms with van der Waals surface area (Å²) in [4.78, 5) is 30.6. The Labute approximate surface area is 137 Å². The van der Waals surface area contributed by atoms with Crippen LogP contribution >= 0.6 is 22.7 Å². The van der Waals surface area contributed by atoms with Gasteiger partial charge in [0, 0.05) is 16.8 Å². The highest BCUT2D eigenvalue weighted by molar-refractivity contribution is 7.10. The number of carbonyl (C=O) groups excluding carboxylic acids is 2. The van der Waals surface area contributed by atoms with E-state index in [4.69, 9.17) is 0 Å². The van der Waals surface area contributed by atoms with E-state index in [1.54, 1.807) is 22.7 Å². The monoisotopic (exact) mass is 338 g/mol. The standard InChI is InChI=1S/C14H18N4O2S2/c1-10-16-11(9-22-10)7-18(2)8-13(19)17-14(20)15-6-12-4-3-5-21-12/h3-5,9H,6-8H2,1-2H3,(H2,15,17,19,20). The number of thiophene rings is 1. The molecule has 2 rings (SSSR count). The van der Waals surface area contributed by atoms with Crippen LogP contribution in [-0.4, -0.2) is 35.4 Å². The van der Waals surface area contributed by atoms with Crippen molar-refractivity contribution in [1.82, 2.24) is 20.5 Å². The molecule has 3 amide bonds. The van der Waals surface area contributed by atoms with Crippen molar-refractivity contribution in [3.63, 3.8) is 0 Å². The number of urea groups is 1. The van der Waals surface area contributed by atoms with Gasteiger partial charge < -0.3 is 5.32 Å². The summed E-state index contributed by atoms with van der Waals surface area (Å²) >= 11 is 3.14. The van der Waals surface area contributed by atoms with Crippen LogP contribution in [0.2, 0.25) is 0 Å². The van der Waals surface area contributed by atoms with E-state index in [1.807, 2.05) is 41.8 Å². The van der Waals surface area contributed by atoms with Crippen molar-refractivity contribution in [2.75, 3.05) is 13.6 Å². The van der Waals surface area contributed by atoms with Crippen LogP contribution in [-0.2, 0) is 17.9 Å². The summed E-state index contributed by atoms with van der Waals surface area (Å²) in [5.74, 6) is -0.335. The maximum Gasteiger partial charge on any atom is 0.321 e. The minimum atomic E-state index is -0.476. The van der Waals surface area contributed by atoms with Gasteiger partial charge in [0.25, 0.3) is 0 Å². The molecule has 0 aromatic carbocycles. The maximum atomic E-state index is 11.8.